The number of rotatable bonds is 2. The Morgan fingerprint density at radius 1 is 0.973 bits per heavy atom. The van der Waals surface area contributed by atoms with E-state index in [-0.39, 0.29) is 6.10 Å². The molecule has 7 rings (SSSR count). The van der Waals surface area contributed by atoms with E-state index in [1.54, 1.807) is 11.3 Å². The average Bonchev–Trinajstić information content (AvgIpc) is 3.26. The molecule has 0 radical (unpaired) electrons. The van der Waals surface area contributed by atoms with Crippen LogP contribution in [0.5, 0.6) is 5.75 Å². The number of aliphatic imine (C=N–C) groups is 1. The average molecular weight is 587 g/mol. The quantitative estimate of drug-likeness (QED) is 0.229. The van der Waals surface area contributed by atoms with Crippen LogP contribution in [0.3, 0.4) is 0 Å². The van der Waals surface area contributed by atoms with E-state index in [1.807, 2.05) is 30.6 Å². The Balaban J connectivity index is 0.000000210. The summed E-state index contributed by atoms with van der Waals surface area (Å²) in [5.74, 6) is 0.729. The summed E-state index contributed by atoms with van der Waals surface area (Å²) in [5, 5.41) is 5.46. The lowest BCUT2D eigenvalue weighted by Crippen LogP contribution is -2.20. The van der Waals surface area contributed by atoms with Gasteiger partial charge in [0.05, 0.1) is 5.02 Å². The number of allylic oxidation sites excluding steroid dienone is 2. The van der Waals surface area contributed by atoms with E-state index < -0.39 is 0 Å². The fourth-order valence-electron chi connectivity index (χ4n) is 5.20. The summed E-state index contributed by atoms with van der Waals surface area (Å²) in [6.07, 6.45) is 14.4. The SMILES string of the molecule is C1=Cc2sccc2CC=N1.Clc1c(Br)cccc1OC1C=CC2=C(CCc3c2ccc2ccccc32)C1. The highest BCUT2D eigenvalue weighted by Crippen LogP contribution is 2.41. The van der Waals surface area contributed by atoms with Crippen molar-refractivity contribution in [2.45, 2.75) is 31.8 Å². The van der Waals surface area contributed by atoms with Gasteiger partial charge in [0.2, 0.25) is 0 Å². The molecule has 184 valence electrons. The number of hydrogen-bond donors (Lipinski definition) is 0. The van der Waals surface area contributed by atoms with E-state index in [9.17, 15) is 0 Å². The van der Waals surface area contributed by atoms with Gasteiger partial charge in [0.15, 0.2) is 0 Å². The lowest BCUT2D eigenvalue weighted by atomic mass is 9.79. The molecule has 0 bridgehead atoms. The summed E-state index contributed by atoms with van der Waals surface area (Å²) in [7, 11) is 0. The Hall–Kier alpha value is -2.92. The molecule has 0 amide bonds. The predicted molar refractivity (Wildman–Crippen MR) is 162 cm³/mol. The molecule has 3 aromatic carbocycles. The molecular formula is C32H25BrClNOS. The van der Waals surface area contributed by atoms with E-state index >= 15 is 0 Å². The van der Waals surface area contributed by atoms with Crippen LogP contribution < -0.4 is 4.74 Å². The van der Waals surface area contributed by atoms with Gasteiger partial charge in [0, 0.05) is 34.6 Å². The molecule has 1 aliphatic heterocycles. The van der Waals surface area contributed by atoms with Crippen LogP contribution in [-0.4, -0.2) is 12.3 Å². The third kappa shape index (κ3) is 5.11. The molecular weight excluding hydrogens is 562 g/mol. The van der Waals surface area contributed by atoms with Crippen molar-refractivity contribution in [1.29, 1.82) is 0 Å². The zero-order chi connectivity index (χ0) is 25.2. The largest absolute Gasteiger partial charge is 0.484 e. The Kier molecular flexibility index (Phi) is 7.14. The first kappa shape index (κ1) is 24.4. The molecule has 5 heteroatoms. The summed E-state index contributed by atoms with van der Waals surface area (Å²) < 4.78 is 7.05. The maximum atomic E-state index is 6.36. The summed E-state index contributed by atoms with van der Waals surface area (Å²) in [6, 6.07) is 21.2. The van der Waals surface area contributed by atoms with Crippen LogP contribution in [0.25, 0.3) is 22.4 Å². The predicted octanol–water partition coefficient (Wildman–Crippen LogP) is 9.71. The van der Waals surface area contributed by atoms with Crippen molar-refractivity contribution in [2.24, 2.45) is 4.99 Å². The molecule has 4 aromatic rings. The van der Waals surface area contributed by atoms with E-state index in [1.165, 1.54) is 43.5 Å². The van der Waals surface area contributed by atoms with Gasteiger partial charge in [-0.25, -0.2) is 0 Å². The first-order valence-corrected chi connectivity index (χ1v) is 14.5. The van der Waals surface area contributed by atoms with Gasteiger partial charge in [0.1, 0.15) is 11.9 Å². The minimum absolute atomic E-state index is 0.0255. The van der Waals surface area contributed by atoms with Gasteiger partial charge in [-0.1, -0.05) is 65.7 Å². The van der Waals surface area contributed by atoms with Crippen LogP contribution in [0.4, 0.5) is 0 Å². The summed E-state index contributed by atoms with van der Waals surface area (Å²) >= 11 is 11.6. The van der Waals surface area contributed by atoms with Gasteiger partial charge in [-0.15, -0.1) is 11.3 Å². The Morgan fingerprint density at radius 2 is 1.89 bits per heavy atom. The summed E-state index contributed by atoms with van der Waals surface area (Å²) in [4.78, 5) is 5.40. The van der Waals surface area contributed by atoms with E-state index in [0.29, 0.717) is 5.02 Å². The molecule has 0 fully saturated rings. The van der Waals surface area contributed by atoms with Crippen LogP contribution in [0.2, 0.25) is 5.02 Å². The van der Waals surface area contributed by atoms with Gasteiger partial charge < -0.3 is 4.74 Å². The molecule has 1 unspecified atom stereocenters. The minimum atomic E-state index is 0.0255. The molecule has 0 saturated heterocycles. The number of aryl methyl sites for hydroxylation is 1. The molecule has 2 aliphatic carbocycles. The monoisotopic (exact) mass is 585 g/mol. The number of nitrogens with zero attached hydrogens (tertiary/aromatic N) is 1. The highest BCUT2D eigenvalue weighted by Gasteiger charge is 2.25. The maximum absolute atomic E-state index is 6.36. The minimum Gasteiger partial charge on any atom is -0.484 e. The molecule has 3 aliphatic rings. The van der Waals surface area contributed by atoms with Gasteiger partial charge >= 0.3 is 0 Å². The standard InChI is InChI=1S/C24H18BrClO.C8H7NS/c25-22-6-3-7-23(24(22)26)27-17-10-13-19-16(14-17)9-12-20-18-5-2-1-4-15(18)8-11-21(19)20;1-4-9-5-2-8-7(1)3-6-10-8/h1-8,10-11,13,17H,9,12,14H2;2-6H,1H2. The van der Waals surface area contributed by atoms with Crippen molar-refractivity contribution in [1.82, 2.24) is 0 Å². The number of halogens is 2. The van der Waals surface area contributed by atoms with E-state index in [2.05, 4.69) is 87.0 Å². The summed E-state index contributed by atoms with van der Waals surface area (Å²) in [6.45, 7) is 0. The normalized spacial score (nSPS) is 17.4. The number of fused-ring (bicyclic) bond motifs is 5. The highest BCUT2D eigenvalue weighted by atomic mass is 79.9. The maximum Gasteiger partial charge on any atom is 0.139 e. The lowest BCUT2D eigenvalue weighted by molar-refractivity contribution is 0.247. The third-order valence-corrected chi connectivity index (χ3v) is 9.22. The van der Waals surface area contributed by atoms with Crippen molar-refractivity contribution in [3.63, 3.8) is 0 Å². The van der Waals surface area contributed by atoms with Crippen molar-refractivity contribution >= 4 is 67.5 Å². The molecule has 2 heterocycles. The number of thiophene rings is 1. The highest BCUT2D eigenvalue weighted by molar-refractivity contribution is 9.10. The smallest absolute Gasteiger partial charge is 0.139 e. The Morgan fingerprint density at radius 3 is 2.84 bits per heavy atom. The zero-order valence-corrected chi connectivity index (χ0v) is 23.3. The topological polar surface area (TPSA) is 21.6 Å². The number of benzene rings is 3. The zero-order valence-electron chi connectivity index (χ0n) is 20.2. The fraction of sp³-hybridized carbons (Fsp3) is 0.156. The lowest BCUT2D eigenvalue weighted by Gasteiger charge is -2.29. The van der Waals surface area contributed by atoms with Crippen LogP contribution in [-0.2, 0) is 12.8 Å². The van der Waals surface area contributed by atoms with Gasteiger partial charge in [-0.3, -0.25) is 4.99 Å². The Bertz CT molecular complexity index is 1600. The Labute approximate surface area is 234 Å². The molecule has 1 aromatic heterocycles. The first-order chi connectivity index (χ1) is 18.2. The second kappa shape index (κ2) is 10.8. The van der Waals surface area contributed by atoms with Crippen LogP contribution >= 0.6 is 38.9 Å². The molecule has 0 saturated carbocycles. The van der Waals surface area contributed by atoms with Crippen molar-refractivity contribution < 1.29 is 4.74 Å². The van der Waals surface area contributed by atoms with Gasteiger partial charge in [-0.2, -0.15) is 0 Å². The first-order valence-electron chi connectivity index (χ1n) is 12.4. The van der Waals surface area contributed by atoms with Crippen molar-refractivity contribution in [3.05, 3.63) is 121 Å². The second-order valence-corrected chi connectivity index (χ2v) is 11.4. The molecule has 2 nitrogen and oxygen atoms in total. The summed E-state index contributed by atoms with van der Waals surface area (Å²) in [5.41, 5.74) is 7.11. The van der Waals surface area contributed by atoms with E-state index in [0.717, 1.165) is 35.9 Å². The second-order valence-electron chi connectivity index (χ2n) is 9.26. The van der Waals surface area contributed by atoms with Crippen molar-refractivity contribution in [2.75, 3.05) is 0 Å². The van der Waals surface area contributed by atoms with Gasteiger partial charge in [0.25, 0.3) is 0 Å². The number of ether oxygens (including phenoxy) is 1. The van der Waals surface area contributed by atoms with E-state index in [4.69, 9.17) is 16.3 Å². The molecule has 0 N–H and O–H groups in total. The third-order valence-electron chi connectivity index (χ3n) is 7.02. The molecule has 37 heavy (non-hydrogen) atoms. The molecule has 1 atom stereocenters. The molecule has 0 spiro atoms. The fourth-order valence-corrected chi connectivity index (χ4v) is 6.54. The van der Waals surface area contributed by atoms with Gasteiger partial charge in [-0.05, 0) is 97.5 Å². The van der Waals surface area contributed by atoms with Crippen LogP contribution in [0, 0.1) is 0 Å². The number of hydrogen-bond acceptors (Lipinski definition) is 3. The van der Waals surface area contributed by atoms with Crippen LogP contribution in [0.15, 0.2) is 99.4 Å². The van der Waals surface area contributed by atoms with Crippen molar-refractivity contribution in [3.8, 4) is 5.75 Å². The van der Waals surface area contributed by atoms with Crippen LogP contribution in [0.1, 0.15) is 34.4 Å².